The molecular weight excluding hydrogens is 313 g/mol. The van der Waals surface area contributed by atoms with Gasteiger partial charge in [-0.25, -0.2) is 0 Å². The number of piperidine rings is 1. The van der Waals surface area contributed by atoms with Gasteiger partial charge in [-0.3, -0.25) is 9.69 Å². The zero-order chi connectivity index (χ0) is 13.7. The highest BCUT2D eigenvalue weighted by molar-refractivity contribution is 5.85. The number of halogens is 2. The van der Waals surface area contributed by atoms with Crippen LogP contribution >= 0.6 is 24.8 Å². The van der Waals surface area contributed by atoms with Crippen molar-refractivity contribution in [1.29, 1.82) is 0 Å². The Morgan fingerprint density at radius 1 is 1.24 bits per heavy atom. The van der Waals surface area contributed by atoms with Crippen LogP contribution in [-0.2, 0) is 9.53 Å². The molecule has 0 aliphatic carbocycles. The minimum Gasteiger partial charge on any atom is -0.376 e. The van der Waals surface area contributed by atoms with E-state index in [1.54, 1.807) is 0 Å². The lowest BCUT2D eigenvalue weighted by atomic mass is 10.0. The van der Waals surface area contributed by atoms with Crippen LogP contribution in [0.3, 0.4) is 0 Å². The summed E-state index contributed by atoms with van der Waals surface area (Å²) in [5.41, 5.74) is 0. The molecule has 2 aliphatic rings. The van der Waals surface area contributed by atoms with Gasteiger partial charge in [0.2, 0.25) is 5.91 Å². The largest absolute Gasteiger partial charge is 0.376 e. The molecule has 0 bridgehead atoms. The summed E-state index contributed by atoms with van der Waals surface area (Å²) in [7, 11) is 1.89. The minimum absolute atomic E-state index is 0. The van der Waals surface area contributed by atoms with Crippen LogP contribution < -0.4 is 5.32 Å². The summed E-state index contributed by atoms with van der Waals surface area (Å²) in [6, 6.07) is 0.639. The van der Waals surface area contributed by atoms with Crippen molar-refractivity contribution in [2.75, 3.05) is 46.4 Å². The zero-order valence-corrected chi connectivity index (χ0v) is 14.7. The first kappa shape index (κ1) is 20.9. The number of morpholine rings is 1. The molecule has 0 saturated carbocycles. The van der Waals surface area contributed by atoms with Crippen molar-refractivity contribution < 1.29 is 9.53 Å². The van der Waals surface area contributed by atoms with Crippen LogP contribution in [0.2, 0.25) is 0 Å². The Balaban J connectivity index is 0.00000200. The second-order valence-corrected chi connectivity index (χ2v) is 5.64. The fourth-order valence-electron chi connectivity index (χ4n) is 3.05. The lowest BCUT2D eigenvalue weighted by Crippen LogP contribution is -2.51. The van der Waals surface area contributed by atoms with Crippen molar-refractivity contribution in [3.05, 3.63) is 0 Å². The van der Waals surface area contributed by atoms with Crippen molar-refractivity contribution in [3.8, 4) is 0 Å². The number of nitrogens with one attached hydrogen (secondary N) is 1. The van der Waals surface area contributed by atoms with E-state index in [2.05, 4.69) is 17.1 Å². The Bertz CT molecular complexity index is 300. The van der Waals surface area contributed by atoms with Crippen LogP contribution in [0.1, 0.15) is 26.2 Å². The Hall–Kier alpha value is -0.0700. The molecule has 2 heterocycles. The van der Waals surface area contributed by atoms with E-state index in [0.29, 0.717) is 24.5 Å². The minimum atomic E-state index is 0. The Kier molecular flexibility index (Phi) is 10.6. The van der Waals surface area contributed by atoms with E-state index in [-0.39, 0.29) is 24.8 Å². The number of carbonyl (C=O) groups is 1. The molecule has 1 N–H and O–H groups in total. The third-order valence-corrected chi connectivity index (χ3v) is 4.19. The summed E-state index contributed by atoms with van der Waals surface area (Å²) in [4.78, 5) is 16.5. The van der Waals surface area contributed by atoms with Crippen molar-refractivity contribution in [3.63, 3.8) is 0 Å². The van der Waals surface area contributed by atoms with E-state index < -0.39 is 0 Å². The first-order valence-electron chi connectivity index (χ1n) is 7.48. The topological polar surface area (TPSA) is 44.8 Å². The number of hydrogen-bond acceptors (Lipinski definition) is 4. The number of ether oxygens (including phenoxy) is 1. The smallest absolute Gasteiger partial charge is 0.223 e. The summed E-state index contributed by atoms with van der Waals surface area (Å²) in [5.74, 6) is 0.295. The Labute approximate surface area is 140 Å². The molecule has 1 unspecified atom stereocenters. The lowest BCUT2D eigenvalue weighted by Gasteiger charge is -2.41. The molecule has 2 saturated heterocycles. The van der Waals surface area contributed by atoms with E-state index >= 15 is 0 Å². The lowest BCUT2D eigenvalue weighted by molar-refractivity contribution is -0.133. The molecule has 2 fully saturated rings. The maximum Gasteiger partial charge on any atom is 0.223 e. The molecule has 0 aromatic carbocycles. The van der Waals surface area contributed by atoms with Crippen molar-refractivity contribution in [2.45, 2.75) is 38.3 Å². The molecule has 7 heteroatoms. The molecule has 0 radical (unpaired) electrons. The zero-order valence-electron chi connectivity index (χ0n) is 13.0. The van der Waals surface area contributed by atoms with Crippen LogP contribution in [0, 0.1) is 0 Å². The van der Waals surface area contributed by atoms with Gasteiger partial charge >= 0.3 is 0 Å². The van der Waals surface area contributed by atoms with E-state index in [1.807, 2.05) is 11.9 Å². The summed E-state index contributed by atoms with van der Waals surface area (Å²) in [5, 5.41) is 3.03. The molecule has 0 spiro atoms. The number of carbonyl (C=O) groups excluding carboxylic acids is 1. The highest BCUT2D eigenvalue weighted by Crippen LogP contribution is 2.19. The van der Waals surface area contributed by atoms with Gasteiger partial charge in [-0.1, -0.05) is 0 Å². The van der Waals surface area contributed by atoms with Crippen molar-refractivity contribution in [1.82, 2.24) is 15.1 Å². The van der Waals surface area contributed by atoms with E-state index in [1.165, 1.54) is 0 Å². The predicted octanol–water partition coefficient (Wildman–Crippen LogP) is 1.15. The number of hydrogen-bond donors (Lipinski definition) is 1. The second-order valence-electron chi connectivity index (χ2n) is 5.64. The van der Waals surface area contributed by atoms with Crippen molar-refractivity contribution in [2.24, 2.45) is 0 Å². The molecule has 1 amide bonds. The van der Waals surface area contributed by atoms with Crippen LogP contribution in [-0.4, -0.2) is 74.2 Å². The third-order valence-electron chi connectivity index (χ3n) is 4.19. The van der Waals surface area contributed by atoms with Gasteiger partial charge in [0.25, 0.3) is 0 Å². The summed E-state index contributed by atoms with van der Waals surface area (Å²) < 4.78 is 5.59. The number of amides is 1. The van der Waals surface area contributed by atoms with Gasteiger partial charge in [-0.15, -0.1) is 24.8 Å². The van der Waals surface area contributed by atoms with Gasteiger partial charge in [0, 0.05) is 45.2 Å². The van der Waals surface area contributed by atoms with Crippen LogP contribution in [0.4, 0.5) is 0 Å². The average molecular weight is 342 g/mol. The van der Waals surface area contributed by atoms with E-state index in [0.717, 1.165) is 52.2 Å². The van der Waals surface area contributed by atoms with Gasteiger partial charge in [0.15, 0.2) is 0 Å². The van der Waals surface area contributed by atoms with Gasteiger partial charge in [-0.05, 0) is 26.8 Å². The first-order valence-corrected chi connectivity index (χ1v) is 7.48. The Morgan fingerprint density at radius 3 is 2.48 bits per heavy atom. The van der Waals surface area contributed by atoms with Crippen LogP contribution in [0.25, 0.3) is 0 Å². The fraction of sp³-hybridized carbons (Fsp3) is 0.929. The summed E-state index contributed by atoms with van der Waals surface area (Å²) >= 11 is 0. The predicted molar refractivity (Wildman–Crippen MR) is 89.6 cm³/mol. The second kappa shape index (κ2) is 10.6. The number of nitrogens with zero attached hydrogens (tertiary/aromatic N) is 2. The average Bonchev–Trinajstić information content (AvgIpc) is 2.45. The van der Waals surface area contributed by atoms with Crippen LogP contribution in [0.5, 0.6) is 0 Å². The molecular formula is C14H29Cl2N3O2. The SMILES string of the molecule is CNCCC(=O)N1CCC(N2CCOC(C)C2)CC1.Cl.Cl. The van der Waals surface area contributed by atoms with E-state index in [9.17, 15) is 4.79 Å². The summed E-state index contributed by atoms with van der Waals surface area (Å²) in [6.45, 7) is 7.68. The molecule has 1 atom stereocenters. The maximum absolute atomic E-state index is 11.9. The maximum atomic E-state index is 11.9. The van der Waals surface area contributed by atoms with Gasteiger partial charge in [-0.2, -0.15) is 0 Å². The molecule has 2 aliphatic heterocycles. The number of rotatable bonds is 4. The monoisotopic (exact) mass is 341 g/mol. The molecule has 5 nitrogen and oxygen atoms in total. The van der Waals surface area contributed by atoms with E-state index in [4.69, 9.17) is 4.74 Å². The van der Waals surface area contributed by atoms with Crippen LogP contribution in [0.15, 0.2) is 0 Å². The quantitative estimate of drug-likeness (QED) is 0.833. The molecule has 0 aromatic heterocycles. The standard InChI is InChI=1S/C14H27N3O2.2ClH/c1-12-11-17(9-10-19-12)13-4-7-16(8-5-13)14(18)3-6-15-2;;/h12-13,15H,3-11H2,1-2H3;2*1H. The summed E-state index contributed by atoms with van der Waals surface area (Å²) in [6.07, 6.45) is 3.19. The van der Waals surface area contributed by atoms with Crippen molar-refractivity contribution >= 4 is 30.7 Å². The van der Waals surface area contributed by atoms with Gasteiger partial charge < -0.3 is 15.0 Å². The molecule has 0 aromatic rings. The molecule has 21 heavy (non-hydrogen) atoms. The fourth-order valence-corrected chi connectivity index (χ4v) is 3.05. The highest BCUT2D eigenvalue weighted by atomic mass is 35.5. The molecule has 126 valence electrons. The highest BCUT2D eigenvalue weighted by Gasteiger charge is 2.29. The first-order chi connectivity index (χ1) is 9.20. The number of likely N-dealkylation sites (tertiary alicyclic amines) is 1. The normalized spacial score (nSPS) is 24.1. The Morgan fingerprint density at radius 2 is 1.90 bits per heavy atom. The van der Waals surface area contributed by atoms with Gasteiger partial charge in [0.05, 0.1) is 12.7 Å². The third kappa shape index (κ3) is 6.28. The molecule has 2 rings (SSSR count). The van der Waals surface area contributed by atoms with Gasteiger partial charge in [0.1, 0.15) is 0 Å².